The zero-order valence-corrected chi connectivity index (χ0v) is 13.1. The van der Waals surface area contributed by atoms with E-state index < -0.39 is 11.7 Å². The SMILES string of the molecule is CNC(=S)N/C(C)=C\C(=N)Oc1ncc(C(F)(F)F)cc1Cl. The van der Waals surface area contributed by atoms with Gasteiger partial charge in [0.05, 0.1) is 5.56 Å². The molecule has 0 amide bonds. The Morgan fingerprint density at radius 3 is 2.64 bits per heavy atom. The number of hydrogen-bond donors (Lipinski definition) is 3. The fourth-order valence-corrected chi connectivity index (χ4v) is 1.63. The average molecular weight is 353 g/mol. The molecule has 1 rings (SSSR count). The van der Waals surface area contributed by atoms with Crippen molar-refractivity contribution in [2.45, 2.75) is 13.1 Å². The molecule has 0 radical (unpaired) electrons. The molecule has 0 aromatic carbocycles. The molecule has 10 heteroatoms. The minimum Gasteiger partial charge on any atom is -0.420 e. The summed E-state index contributed by atoms with van der Waals surface area (Å²) in [6.45, 7) is 1.63. The van der Waals surface area contributed by atoms with Gasteiger partial charge in [0.1, 0.15) is 5.02 Å². The number of allylic oxidation sites excluding steroid dienone is 1. The Kier molecular flexibility index (Phi) is 6.12. The van der Waals surface area contributed by atoms with Crippen LogP contribution in [0.15, 0.2) is 24.0 Å². The van der Waals surface area contributed by atoms with Crippen LogP contribution in [0.1, 0.15) is 12.5 Å². The fourth-order valence-electron chi connectivity index (χ4n) is 1.26. The minimum absolute atomic E-state index is 0.292. The molecule has 3 N–H and O–H groups in total. The number of alkyl halides is 3. The van der Waals surface area contributed by atoms with Gasteiger partial charge in [-0.25, -0.2) is 4.98 Å². The second-order valence-corrected chi connectivity index (χ2v) is 4.82. The first kappa shape index (κ1) is 18.2. The van der Waals surface area contributed by atoms with E-state index in [1.165, 1.54) is 6.08 Å². The molecule has 0 spiro atoms. The predicted molar refractivity (Wildman–Crippen MR) is 81.2 cm³/mol. The maximum absolute atomic E-state index is 12.5. The molecule has 1 heterocycles. The molecule has 0 fully saturated rings. The number of pyridine rings is 1. The van der Waals surface area contributed by atoms with Crippen molar-refractivity contribution in [2.75, 3.05) is 7.05 Å². The molecule has 0 aliphatic heterocycles. The number of nitrogens with one attached hydrogen (secondary N) is 3. The van der Waals surface area contributed by atoms with Crippen molar-refractivity contribution in [1.82, 2.24) is 15.6 Å². The third-order valence-corrected chi connectivity index (χ3v) is 2.80. The van der Waals surface area contributed by atoms with Gasteiger partial charge in [0.2, 0.25) is 11.8 Å². The predicted octanol–water partition coefficient (Wildman–Crippen LogP) is 3.11. The van der Waals surface area contributed by atoms with Gasteiger partial charge >= 0.3 is 6.18 Å². The summed E-state index contributed by atoms with van der Waals surface area (Å²) in [4.78, 5) is 3.47. The van der Waals surface area contributed by atoms with Gasteiger partial charge in [-0.3, -0.25) is 5.41 Å². The summed E-state index contributed by atoms with van der Waals surface area (Å²) in [6.07, 6.45) is -2.69. The third-order valence-electron chi connectivity index (χ3n) is 2.23. The highest BCUT2D eigenvalue weighted by Crippen LogP contribution is 2.33. The summed E-state index contributed by atoms with van der Waals surface area (Å²) in [7, 11) is 1.62. The van der Waals surface area contributed by atoms with Crippen molar-refractivity contribution in [1.29, 1.82) is 5.41 Å². The van der Waals surface area contributed by atoms with Crippen molar-refractivity contribution in [3.8, 4) is 5.88 Å². The molecule has 1 aromatic heterocycles. The van der Waals surface area contributed by atoms with Crippen LogP contribution in [0.3, 0.4) is 0 Å². The Bertz CT molecular complexity index is 619. The maximum atomic E-state index is 12.5. The molecule has 120 valence electrons. The monoisotopic (exact) mass is 352 g/mol. The molecule has 0 aliphatic rings. The lowest BCUT2D eigenvalue weighted by Crippen LogP contribution is -2.31. The van der Waals surface area contributed by atoms with Crippen LogP contribution in [-0.4, -0.2) is 23.0 Å². The van der Waals surface area contributed by atoms with Crippen molar-refractivity contribution in [2.24, 2.45) is 0 Å². The van der Waals surface area contributed by atoms with Crippen molar-refractivity contribution in [3.05, 3.63) is 34.6 Å². The molecule has 0 aliphatic carbocycles. The van der Waals surface area contributed by atoms with Gasteiger partial charge in [0, 0.05) is 25.0 Å². The van der Waals surface area contributed by atoms with Gasteiger partial charge < -0.3 is 15.4 Å². The molecular formula is C12H12ClF3N4OS. The molecule has 1 aromatic rings. The van der Waals surface area contributed by atoms with Crippen LogP contribution < -0.4 is 15.4 Å². The van der Waals surface area contributed by atoms with E-state index >= 15 is 0 Å². The number of thiocarbonyl (C=S) groups is 1. The van der Waals surface area contributed by atoms with Gasteiger partial charge in [0.15, 0.2) is 5.11 Å². The van der Waals surface area contributed by atoms with E-state index in [-0.39, 0.29) is 16.8 Å². The van der Waals surface area contributed by atoms with Crippen LogP contribution in [0.2, 0.25) is 5.02 Å². The largest absolute Gasteiger partial charge is 0.420 e. The topological polar surface area (TPSA) is 70.0 Å². The number of ether oxygens (including phenoxy) is 1. The Balaban J connectivity index is 2.81. The van der Waals surface area contributed by atoms with E-state index in [4.69, 9.17) is 34.0 Å². The maximum Gasteiger partial charge on any atom is 0.417 e. The molecule has 22 heavy (non-hydrogen) atoms. The first-order valence-electron chi connectivity index (χ1n) is 5.79. The van der Waals surface area contributed by atoms with E-state index in [0.717, 1.165) is 0 Å². The Hall–Kier alpha value is -1.87. The van der Waals surface area contributed by atoms with E-state index in [1.54, 1.807) is 14.0 Å². The van der Waals surface area contributed by atoms with Gasteiger partial charge in [-0.1, -0.05) is 11.6 Å². The van der Waals surface area contributed by atoms with E-state index in [1.807, 2.05) is 0 Å². The smallest absolute Gasteiger partial charge is 0.417 e. The fraction of sp³-hybridized carbons (Fsp3) is 0.250. The van der Waals surface area contributed by atoms with Gasteiger partial charge in [-0.2, -0.15) is 13.2 Å². The summed E-state index contributed by atoms with van der Waals surface area (Å²) in [5.74, 6) is -0.655. The van der Waals surface area contributed by atoms with Crippen molar-refractivity contribution >= 4 is 34.8 Å². The normalized spacial score (nSPS) is 11.8. The second kappa shape index (κ2) is 7.41. The number of halogens is 4. The Morgan fingerprint density at radius 1 is 1.50 bits per heavy atom. The number of nitrogens with zero attached hydrogens (tertiary/aromatic N) is 1. The molecular weight excluding hydrogens is 341 g/mol. The lowest BCUT2D eigenvalue weighted by atomic mass is 10.3. The van der Waals surface area contributed by atoms with Gasteiger partial charge in [-0.15, -0.1) is 0 Å². The Morgan fingerprint density at radius 2 is 2.14 bits per heavy atom. The number of aromatic nitrogens is 1. The summed E-state index contributed by atoms with van der Waals surface area (Å²) in [6, 6.07) is 0.683. The lowest BCUT2D eigenvalue weighted by molar-refractivity contribution is -0.137. The van der Waals surface area contributed by atoms with Crippen LogP contribution in [0, 0.1) is 5.41 Å². The zero-order chi connectivity index (χ0) is 16.9. The first-order valence-corrected chi connectivity index (χ1v) is 6.58. The Labute approximate surface area is 135 Å². The highest BCUT2D eigenvalue weighted by Gasteiger charge is 2.31. The van der Waals surface area contributed by atoms with Crippen molar-refractivity contribution < 1.29 is 17.9 Å². The highest BCUT2D eigenvalue weighted by molar-refractivity contribution is 7.80. The molecule has 0 saturated carbocycles. The minimum atomic E-state index is -4.55. The van der Waals surface area contributed by atoms with Crippen molar-refractivity contribution in [3.63, 3.8) is 0 Å². The molecule has 0 unspecified atom stereocenters. The number of rotatable bonds is 3. The van der Waals surface area contributed by atoms with E-state index in [2.05, 4.69) is 15.6 Å². The molecule has 0 atom stereocenters. The summed E-state index contributed by atoms with van der Waals surface area (Å²) < 4.78 is 42.4. The van der Waals surface area contributed by atoms with Crippen LogP contribution in [0.5, 0.6) is 5.88 Å². The zero-order valence-electron chi connectivity index (χ0n) is 11.5. The third kappa shape index (κ3) is 5.49. The van der Waals surface area contributed by atoms with Crippen LogP contribution in [-0.2, 0) is 6.18 Å². The summed E-state index contributed by atoms with van der Waals surface area (Å²) in [5.41, 5.74) is -0.503. The van der Waals surface area contributed by atoms with E-state index in [9.17, 15) is 13.2 Å². The average Bonchev–Trinajstić information content (AvgIpc) is 2.39. The number of hydrogen-bond acceptors (Lipinski definition) is 4. The lowest BCUT2D eigenvalue weighted by Gasteiger charge is -2.10. The molecule has 0 bridgehead atoms. The van der Waals surface area contributed by atoms with Gasteiger partial charge in [-0.05, 0) is 25.2 Å². The second-order valence-electron chi connectivity index (χ2n) is 4.01. The van der Waals surface area contributed by atoms with Crippen LogP contribution in [0.4, 0.5) is 13.2 Å². The highest BCUT2D eigenvalue weighted by atomic mass is 35.5. The van der Waals surface area contributed by atoms with Crippen LogP contribution in [0.25, 0.3) is 0 Å². The molecule has 5 nitrogen and oxygen atoms in total. The quantitative estimate of drug-likeness (QED) is 0.443. The first-order chi connectivity index (χ1) is 10.1. The van der Waals surface area contributed by atoms with E-state index in [0.29, 0.717) is 23.1 Å². The van der Waals surface area contributed by atoms with Crippen LogP contribution >= 0.6 is 23.8 Å². The standard InChI is InChI=1S/C12H12ClF3N4OS/c1-6(20-11(22)18-2)3-9(17)21-10-8(13)4-7(5-19-10)12(14,15)16/h3-5,17H,1-2H3,(H2,18,20,22)/b6-3-,17-9?. The van der Waals surface area contributed by atoms with Gasteiger partial charge in [0.25, 0.3) is 0 Å². The summed E-state index contributed by atoms with van der Waals surface area (Å²) >= 11 is 10.5. The summed E-state index contributed by atoms with van der Waals surface area (Å²) in [5, 5.41) is 13.0. The molecule has 0 saturated heterocycles.